The second-order valence-corrected chi connectivity index (χ2v) is 8.07. The van der Waals surface area contributed by atoms with Crippen LogP contribution in [0, 0.1) is 5.82 Å². The summed E-state index contributed by atoms with van der Waals surface area (Å²) in [5.41, 5.74) is -0.0904. The summed E-state index contributed by atoms with van der Waals surface area (Å²) in [7, 11) is 0. The Morgan fingerprint density at radius 3 is 2.53 bits per heavy atom. The lowest BCUT2D eigenvalue weighted by molar-refractivity contribution is -0.0201. The van der Waals surface area contributed by atoms with Gasteiger partial charge in [0.25, 0.3) is 0 Å². The molecule has 1 atom stereocenters. The van der Waals surface area contributed by atoms with E-state index in [1.807, 2.05) is 32.0 Å². The highest BCUT2D eigenvalue weighted by atomic mass is 19.1. The first kappa shape index (κ1) is 24.0. The van der Waals surface area contributed by atoms with Crippen LogP contribution < -0.4 is 15.4 Å². The van der Waals surface area contributed by atoms with E-state index in [9.17, 15) is 9.50 Å². The molecule has 1 saturated heterocycles. The lowest BCUT2D eigenvalue weighted by atomic mass is 10.1. The molecular formula is C24H33FN4O3. The molecule has 0 aliphatic carbocycles. The number of aliphatic imine (C=N–C) groups is 1. The van der Waals surface area contributed by atoms with Gasteiger partial charge in [0.1, 0.15) is 5.75 Å². The largest absolute Gasteiger partial charge is 0.454 e. The number of hydrogen-bond acceptors (Lipinski definition) is 5. The molecule has 1 aliphatic rings. The van der Waals surface area contributed by atoms with Gasteiger partial charge in [0.05, 0.1) is 25.4 Å². The molecule has 174 valence electrons. The van der Waals surface area contributed by atoms with Gasteiger partial charge in [-0.1, -0.05) is 30.3 Å². The van der Waals surface area contributed by atoms with Crippen LogP contribution in [0.15, 0.2) is 53.5 Å². The average Bonchev–Trinajstić information content (AvgIpc) is 2.78. The van der Waals surface area contributed by atoms with Crippen LogP contribution in [0.4, 0.5) is 4.39 Å². The minimum Gasteiger partial charge on any atom is -0.454 e. The summed E-state index contributed by atoms with van der Waals surface area (Å²) in [5.74, 6) is 0.906. The van der Waals surface area contributed by atoms with Crippen molar-refractivity contribution in [2.24, 2.45) is 4.99 Å². The summed E-state index contributed by atoms with van der Waals surface area (Å²) >= 11 is 0. The number of nitrogens with one attached hydrogen (secondary N) is 2. The van der Waals surface area contributed by atoms with Crippen LogP contribution in [-0.4, -0.2) is 67.5 Å². The normalized spacial score (nSPS) is 16.9. The number of para-hydroxylation sites is 2. The summed E-state index contributed by atoms with van der Waals surface area (Å²) in [6, 6.07) is 13.8. The van der Waals surface area contributed by atoms with Gasteiger partial charge >= 0.3 is 0 Å². The van der Waals surface area contributed by atoms with Crippen LogP contribution >= 0.6 is 0 Å². The van der Waals surface area contributed by atoms with E-state index >= 15 is 0 Å². The zero-order valence-corrected chi connectivity index (χ0v) is 18.8. The van der Waals surface area contributed by atoms with Crippen LogP contribution in [0.25, 0.3) is 0 Å². The van der Waals surface area contributed by atoms with Crippen molar-refractivity contribution in [3.05, 3.63) is 59.9 Å². The van der Waals surface area contributed by atoms with Crippen molar-refractivity contribution in [2.45, 2.75) is 26.0 Å². The van der Waals surface area contributed by atoms with Crippen LogP contribution in [0.2, 0.25) is 0 Å². The number of benzene rings is 2. The third kappa shape index (κ3) is 7.47. The second-order valence-electron chi connectivity index (χ2n) is 8.07. The van der Waals surface area contributed by atoms with Crippen molar-refractivity contribution in [1.29, 1.82) is 0 Å². The van der Waals surface area contributed by atoms with E-state index in [1.165, 1.54) is 6.07 Å². The highest BCUT2D eigenvalue weighted by molar-refractivity contribution is 5.79. The van der Waals surface area contributed by atoms with E-state index in [0.717, 1.165) is 18.7 Å². The fourth-order valence-corrected chi connectivity index (χ4v) is 3.46. The maximum absolute atomic E-state index is 14.0. The number of halogens is 1. The zero-order valence-electron chi connectivity index (χ0n) is 18.8. The SMILES string of the molecule is CCNC(=NCc1ccccc1Oc1ccccc1F)NCC(C)(O)CN1CCOCC1. The maximum Gasteiger partial charge on any atom is 0.191 e. The molecule has 3 N–H and O–H groups in total. The minimum absolute atomic E-state index is 0.174. The van der Waals surface area contributed by atoms with Crippen molar-refractivity contribution >= 4 is 5.96 Å². The van der Waals surface area contributed by atoms with Gasteiger partial charge in [-0.25, -0.2) is 9.38 Å². The van der Waals surface area contributed by atoms with E-state index in [-0.39, 0.29) is 5.75 Å². The molecule has 0 spiro atoms. The number of rotatable bonds is 9. The van der Waals surface area contributed by atoms with Gasteiger partial charge in [0.15, 0.2) is 17.5 Å². The Labute approximate surface area is 189 Å². The number of guanidine groups is 1. The third-order valence-corrected chi connectivity index (χ3v) is 5.09. The zero-order chi connectivity index (χ0) is 22.8. The lowest BCUT2D eigenvalue weighted by Gasteiger charge is -2.34. The van der Waals surface area contributed by atoms with Gasteiger partial charge in [-0.15, -0.1) is 0 Å². The molecule has 8 heteroatoms. The topological polar surface area (TPSA) is 78.4 Å². The molecule has 7 nitrogen and oxygen atoms in total. The molecule has 0 amide bonds. The van der Waals surface area contributed by atoms with Gasteiger partial charge in [-0.3, -0.25) is 4.90 Å². The molecule has 1 unspecified atom stereocenters. The highest BCUT2D eigenvalue weighted by Gasteiger charge is 2.25. The molecular weight excluding hydrogens is 411 g/mol. The lowest BCUT2D eigenvalue weighted by Crippen LogP contribution is -2.52. The predicted octanol–water partition coefficient (Wildman–Crippen LogP) is 2.76. The van der Waals surface area contributed by atoms with Crippen LogP contribution in [0.5, 0.6) is 11.5 Å². The molecule has 1 aliphatic heterocycles. The van der Waals surface area contributed by atoms with Gasteiger partial charge < -0.3 is 25.2 Å². The van der Waals surface area contributed by atoms with Gasteiger partial charge in [0, 0.05) is 38.3 Å². The first-order chi connectivity index (χ1) is 15.5. The first-order valence-electron chi connectivity index (χ1n) is 11.0. The van der Waals surface area contributed by atoms with E-state index in [0.29, 0.717) is 51.1 Å². The van der Waals surface area contributed by atoms with Crippen molar-refractivity contribution in [3.63, 3.8) is 0 Å². The molecule has 0 bridgehead atoms. The highest BCUT2D eigenvalue weighted by Crippen LogP contribution is 2.27. The minimum atomic E-state index is -0.917. The monoisotopic (exact) mass is 444 g/mol. The molecule has 2 aromatic carbocycles. The van der Waals surface area contributed by atoms with Gasteiger partial charge in [-0.2, -0.15) is 0 Å². The van der Waals surface area contributed by atoms with Crippen molar-refractivity contribution in [3.8, 4) is 11.5 Å². The summed E-state index contributed by atoms with van der Waals surface area (Å²) in [6.07, 6.45) is 0. The van der Waals surface area contributed by atoms with Gasteiger partial charge in [0.2, 0.25) is 0 Å². The number of aliphatic hydroxyl groups is 1. The standard InChI is InChI=1S/C24H33FN4O3/c1-3-26-23(28-17-24(2,30)18-29-12-14-31-15-13-29)27-16-19-8-4-6-10-21(19)32-22-11-7-5-9-20(22)25/h4-11,30H,3,12-18H2,1-2H3,(H2,26,27,28). The average molecular weight is 445 g/mol. The van der Waals surface area contributed by atoms with Crippen LogP contribution in [0.1, 0.15) is 19.4 Å². The summed E-state index contributed by atoms with van der Waals surface area (Å²) < 4.78 is 25.2. The fraction of sp³-hybridized carbons (Fsp3) is 0.458. The molecule has 32 heavy (non-hydrogen) atoms. The third-order valence-electron chi connectivity index (χ3n) is 5.09. The molecule has 1 fully saturated rings. The summed E-state index contributed by atoms with van der Waals surface area (Å²) in [5, 5.41) is 17.2. The Morgan fingerprint density at radius 1 is 1.12 bits per heavy atom. The number of ether oxygens (including phenoxy) is 2. The van der Waals surface area contributed by atoms with Crippen LogP contribution in [-0.2, 0) is 11.3 Å². The maximum atomic E-state index is 14.0. The number of β-amino-alcohol motifs (C(OH)–C–C–N with tert-alkyl or cyclic N) is 1. The molecule has 0 saturated carbocycles. The Hall–Kier alpha value is -2.68. The van der Waals surface area contributed by atoms with E-state index in [4.69, 9.17) is 9.47 Å². The van der Waals surface area contributed by atoms with Crippen molar-refractivity contribution in [1.82, 2.24) is 15.5 Å². The molecule has 3 rings (SSSR count). The number of hydrogen-bond donors (Lipinski definition) is 3. The quantitative estimate of drug-likeness (QED) is 0.408. The Balaban J connectivity index is 1.63. The molecule has 1 heterocycles. The second kappa shape index (κ2) is 11.8. The number of morpholine rings is 1. The smallest absolute Gasteiger partial charge is 0.191 e. The van der Waals surface area contributed by atoms with Crippen molar-refractivity contribution in [2.75, 3.05) is 45.9 Å². The van der Waals surface area contributed by atoms with E-state index in [1.54, 1.807) is 24.3 Å². The van der Waals surface area contributed by atoms with E-state index in [2.05, 4.69) is 20.5 Å². The van der Waals surface area contributed by atoms with Crippen LogP contribution in [0.3, 0.4) is 0 Å². The summed E-state index contributed by atoms with van der Waals surface area (Å²) in [4.78, 5) is 6.83. The fourth-order valence-electron chi connectivity index (χ4n) is 3.46. The Morgan fingerprint density at radius 2 is 1.81 bits per heavy atom. The Kier molecular flexibility index (Phi) is 8.84. The molecule has 2 aromatic rings. The summed E-state index contributed by atoms with van der Waals surface area (Å²) in [6.45, 7) is 8.77. The van der Waals surface area contributed by atoms with Crippen molar-refractivity contribution < 1.29 is 19.0 Å². The molecule has 0 aromatic heterocycles. The predicted molar refractivity (Wildman–Crippen MR) is 124 cm³/mol. The molecule has 0 radical (unpaired) electrons. The van der Waals surface area contributed by atoms with E-state index < -0.39 is 11.4 Å². The first-order valence-corrected chi connectivity index (χ1v) is 11.0. The number of nitrogens with zero attached hydrogens (tertiary/aromatic N) is 2. The van der Waals surface area contributed by atoms with Gasteiger partial charge in [-0.05, 0) is 32.0 Å². The Bertz CT molecular complexity index is 885.